The van der Waals surface area contributed by atoms with Crippen molar-refractivity contribution in [3.8, 4) is 0 Å². The lowest BCUT2D eigenvalue weighted by atomic mass is 9.72. The molecule has 0 heterocycles. The normalized spacial score (nSPS) is 17.9. The van der Waals surface area contributed by atoms with Crippen molar-refractivity contribution in [2.45, 2.75) is 53.5 Å². The lowest BCUT2D eigenvalue weighted by Gasteiger charge is -2.32. The molecule has 138 valence electrons. The van der Waals surface area contributed by atoms with E-state index in [1.807, 2.05) is 12.1 Å². The Kier molecular flexibility index (Phi) is 7.20. The summed E-state index contributed by atoms with van der Waals surface area (Å²) in [4.78, 5) is 10.3. The van der Waals surface area contributed by atoms with E-state index in [-0.39, 0.29) is 5.41 Å². The van der Waals surface area contributed by atoms with Gasteiger partial charge < -0.3 is 5.32 Å². The van der Waals surface area contributed by atoms with Crippen LogP contribution in [-0.2, 0) is 11.3 Å². The van der Waals surface area contributed by atoms with Crippen LogP contribution in [0.1, 0.15) is 58.1 Å². The van der Waals surface area contributed by atoms with E-state index in [1.165, 1.54) is 36.0 Å². The van der Waals surface area contributed by atoms with Crippen LogP contribution in [0, 0.1) is 5.41 Å². The Morgan fingerprint density at radius 2 is 1.92 bits per heavy atom. The molecule has 1 aromatic rings. The van der Waals surface area contributed by atoms with Gasteiger partial charge in [0, 0.05) is 6.54 Å². The van der Waals surface area contributed by atoms with Gasteiger partial charge in [-0.15, -0.1) is 0 Å². The first-order chi connectivity index (χ1) is 12.4. The Labute approximate surface area is 158 Å². The standard InChI is InChI=1S/C24H31NO/c1-19(10-15-23-20(2)8-6-16-24(23,3)4)7-5-9-21-11-13-22(14-12-21)17-25-18-26/h5,7,9-15,18H,6,8,16-17H2,1-4H3,(H,25,26)/b9-5+,15-10+,19-7+. The van der Waals surface area contributed by atoms with E-state index in [9.17, 15) is 4.79 Å². The quantitative estimate of drug-likeness (QED) is 0.476. The summed E-state index contributed by atoms with van der Waals surface area (Å²) in [5.74, 6) is 0. The van der Waals surface area contributed by atoms with E-state index in [0.29, 0.717) is 6.54 Å². The summed E-state index contributed by atoms with van der Waals surface area (Å²) >= 11 is 0. The van der Waals surface area contributed by atoms with Crippen LogP contribution >= 0.6 is 0 Å². The molecular weight excluding hydrogens is 318 g/mol. The molecule has 0 saturated carbocycles. The third-order valence-electron chi connectivity index (χ3n) is 5.07. The first kappa shape index (κ1) is 20.0. The van der Waals surface area contributed by atoms with Crippen molar-refractivity contribution in [1.29, 1.82) is 0 Å². The van der Waals surface area contributed by atoms with E-state index >= 15 is 0 Å². The zero-order valence-corrected chi connectivity index (χ0v) is 16.5. The number of carbonyl (C=O) groups is 1. The van der Waals surface area contributed by atoms with Crippen LogP contribution in [0.3, 0.4) is 0 Å². The zero-order valence-electron chi connectivity index (χ0n) is 16.5. The van der Waals surface area contributed by atoms with Gasteiger partial charge in [0.2, 0.25) is 6.41 Å². The maximum atomic E-state index is 10.3. The highest BCUT2D eigenvalue weighted by Gasteiger charge is 2.26. The highest BCUT2D eigenvalue weighted by molar-refractivity contribution is 5.52. The fourth-order valence-electron chi connectivity index (χ4n) is 3.50. The second kappa shape index (κ2) is 9.38. The van der Waals surface area contributed by atoms with E-state index in [2.05, 4.69) is 75.5 Å². The summed E-state index contributed by atoms with van der Waals surface area (Å²) in [7, 11) is 0. The molecule has 0 spiro atoms. The van der Waals surface area contributed by atoms with Gasteiger partial charge in [-0.25, -0.2) is 0 Å². The molecule has 0 unspecified atom stereocenters. The molecule has 0 aliphatic heterocycles. The van der Waals surface area contributed by atoms with E-state index in [4.69, 9.17) is 0 Å². The van der Waals surface area contributed by atoms with Crippen LogP contribution < -0.4 is 5.32 Å². The number of allylic oxidation sites excluding steroid dienone is 7. The zero-order chi connectivity index (χ0) is 19.0. The molecule has 0 bridgehead atoms. The maximum Gasteiger partial charge on any atom is 0.207 e. The monoisotopic (exact) mass is 349 g/mol. The molecule has 0 fully saturated rings. The summed E-state index contributed by atoms with van der Waals surface area (Å²) in [6, 6.07) is 8.20. The highest BCUT2D eigenvalue weighted by Crippen LogP contribution is 2.40. The van der Waals surface area contributed by atoms with Gasteiger partial charge >= 0.3 is 0 Å². The lowest BCUT2D eigenvalue weighted by Crippen LogP contribution is -2.19. The van der Waals surface area contributed by atoms with Crippen LogP contribution in [0.5, 0.6) is 0 Å². The largest absolute Gasteiger partial charge is 0.355 e. The van der Waals surface area contributed by atoms with Crippen molar-refractivity contribution in [3.05, 3.63) is 76.4 Å². The summed E-state index contributed by atoms with van der Waals surface area (Å²) in [5, 5.41) is 2.67. The van der Waals surface area contributed by atoms with Crippen molar-refractivity contribution in [2.24, 2.45) is 5.41 Å². The Balaban J connectivity index is 1.99. The van der Waals surface area contributed by atoms with Crippen molar-refractivity contribution in [1.82, 2.24) is 5.32 Å². The second-order valence-corrected chi connectivity index (χ2v) is 7.77. The number of hydrogen-bond donors (Lipinski definition) is 1. The maximum absolute atomic E-state index is 10.3. The molecule has 2 nitrogen and oxygen atoms in total. The Morgan fingerprint density at radius 3 is 2.58 bits per heavy atom. The molecule has 1 aliphatic rings. The van der Waals surface area contributed by atoms with Gasteiger partial charge in [-0.05, 0) is 55.2 Å². The summed E-state index contributed by atoms with van der Waals surface area (Å²) in [6.45, 7) is 9.68. The smallest absolute Gasteiger partial charge is 0.207 e. The number of carbonyl (C=O) groups excluding carboxylic acids is 1. The van der Waals surface area contributed by atoms with E-state index in [1.54, 1.807) is 0 Å². The molecule has 26 heavy (non-hydrogen) atoms. The Bertz CT molecular complexity index is 730. The van der Waals surface area contributed by atoms with Gasteiger partial charge in [-0.1, -0.05) is 79.6 Å². The fourth-order valence-corrected chi connectivity index (χ4v) is 3.50. The number of hydrogen-bond acceptors (Lipinski definition) is 1. The van der Waals surface area contributed by atoms with Gasteiger partial charge in [0.1, 0.15) is 0 Å². The number of benzene rings is 1. The molecule has 1 aliphatic carbocycles. The van der Waals surface area contributed by atoms with Gasteiger partial charge in [0.05, 0.1) is 0 Å². The molecular formula is C24H31NO. The molecule has 1 amide bonds. The molecule has 0 aromatic heterocycles. The average molecular weight is 350 g/mol. The molecule has 2 heteroatoms. The minimum absolute atomic E-state index is 0.287. The fraction of sp³-hybridized carbons (Fsp3) is 0.375. The highest BCUT2D eigenvalue weighted by atomic mass is 16.1. The van der Waals surface area contributed by atoms with Crippen LogP contribution in [-0.4, -0.2) is 6.41 Å². The Hall–Kier alpha value is -2.35. The van der Waals surface area contributed by atoms with E-state index in [0.717, 1.165) is 17.5 Å². The molecule has 1 N–H and O–H groups in total. The predicted molar refractivity (Wildman–Crippen MR) is 112 cm³/mol. The first-order valence-electron chi connectivity index (χ1n) is 9.41. The third-order valence-corrected chi connectivity index (χ3v) is 5.07. The van der Waals surface area contributed by atoms with Gasteiger partial charge in [0.15, 0.2) is 0 Å². The van der Waals surface area contributed by atoms with Crippen LogP contribution in [0.15, 0.2) is 65.3 Å². The molecule has 0 saturated heterocycles. The summed E-state index contributed by atoms with van der Waals surface area (Å²) in [6.07, 6.45) is 15.4. The van der Waals surface area contributed by atoms with Crippen molar-refractivity contribution < 1.29 is 4.79 Å². The SMILES string of the molecule is CC1=C(/C=C/C(C)=C/C=C/c2ccc(CNC=O)cc2)C(C)(C)CCC1. The molecule has 1 aromatic carbocycles. The van der Waals surface area contributed by atoms with Crippen LogP contribution in [0.2, 0.25) is 0 Å². The molecule has 2 rings (SSSR count). The second-order valence-electron chi connectivity index (χ2n) is 7.77. The van der Waals surface area contributed by atoms with Gasteiger partial charge in [-0.3, -0.25) is 4.79 Å². The number of rotatable bonds is 7. The number of nitrogens with one attached hydrogen (secondary N) is 1. The predicted octanol–water partition coefficient (Wildman–Crippen LogP) is 5.97. The minimum Gasteiger partial charge on any atom is -0.355 e. The summed E-state index contributed by atoms with van der Waals surface area (Å²) in [5.41, 5.74) is 6.82. The minimum atomic E-state index is 0.287. The van der Waals surface area contributed by atoms with Gasteiger partial charge in [-0.2, -0.15) is 0 Å². The number of amides is 1. The van der Waals surface area contributed by atoms with Crippen LogP contribution in [0.25, 0.3) is 6.08 Å². The molecule has 0 radical (unpaired) electrons. The van der Waals surface area contributed by atoms with Crippen molar-refractivity contribution >= 4 is 12.5 Å². The Morgan fingerprint density at radius 1 is 1.19 bits per heavy atom. The first-order valence-corrected chi connectivity index (χ1v) is 9.41. The van der Waals surface area contributed by atoms with E-state index < -0.39 is 0 Å². The van der Waals surface area contributed by atoms with Crippen molar-refractivity contribution in [3.63, 3.8) is 0 Å². The topological polar surface area (TPSA) is 29.1 Å². The van der Waals surface area contributed by atoms with Gasteiger partial charge in [0.25, 0.3) is 0 Å². The lowest BCUT2D eigenvalue weighted by molar-refractivity contribution is -0.109. The van der Waals surface area contributed by atoms with Crippen LogP contribution in [0.4, 0.5) is 0 Å². The summed E-state index contributed by atoms with van der Waals surface area (Å²) < 4.78 is 0. The third kappa shape index (κ3) is 5.87. The average Bonchev–Trinajstić information content (AvgIpc) is 2.60. The van der Waals surface area contributed by atoms with Crippen molar-refractivity contribution in [2.75, 3.05) is 0 Å². The molecule has 0 atom stereocenters.